The summed E-state index contributed by atoms with van der Waals surface area (Å²) in [7, 11) is 3.27. The Hall–Kier alpha value is -2.58. The average Bonchev–Trinajstić information content (AvgIpc) is 3.04. The fraction of sp³-hybridized carbons (Fsp3) is 0.583. The van der Waals surface area contributed by atoms with Crippen molar-refractivity contribution in [3.8, 4) is 11.5 Å². The van der Waals surface area contributed by atoms with E-state index in [2.05, 4.69) is 23.1 Å². The van der Waals surface area contributed by atoms with Crippen LogP contribution in [0.5, 0.6) is 11.5 Å². The lowest BCUT2D eigenvalue weighted by Gasteiger charge is -2.28. The maximum Gasteiger partial charge on any atom is 0.237 e. The van der Waals surface area contributed by atoms with Crippen LogP contribution < -0.4 is 9.47 Å². The van der Waals surface area contributed by atoms with Crippen molar-refractivity contribution in [1.29, 1.82) is 0 Å². The lowest BCUT2D eigenvalue weighted by Crippen LogP contribution is -2.42. The van der Waals surface area contributed by atoms with E-state index < -0.39 is 0 Å². The Morgan fingerprint density at radius 3 is 2.38 bits per heavy atom. The molecule has 32 heavy (non-hydrogen) atoms. The molecular weight excluding hydrogens is 408 g/mol. The Bertz CT molecular complexity index is 889. The SMILES string of the molecule is CCn1cc(CN2CC(=O)N(C(C)C)CC(OCc3cc(OC)cc(OC)c3)C2)c(C)n1. The van der Waals surface area contributed by atoms with Gasteiger partial charge in [-0.1, -0.05) is 0 Å². The smallest absolute Gasteiger partial charge is 0.237 e. The van der Waals surface area contributed by atoms with Gasteiger partial charge in [0.1, 0.15) is 11.5 Å². The number of nitrogens with zero attached hydrogens (tertiary/aromatic N) is 4. The Balaban J connectivity index is 1.75. The van der Waals surface area contributed by atoms with Gasteiger partial charge in [-0.3, -0.25) is 14.4 Å². The lowest BCUT2D eigenvalue weighted by molar-refractivity contribution is -0.133. The summed E-state index contributed by atoms with van der Waals surface area (Å²) < 4.78 is 19.0. The number of aromatic nitrogens is 2. The minimum Gasteiger partial charge on any atom is -0.497 e. The van der Waals surface area contributed by atoms with Crippen molar-refractivity contribution in [2.24, 2.45) is 0 Å². The first-order valence-electron chi connectivity index (χ1n) is 11.2. The van der Waals surface area contributed by atoms with Gasteiger partial charge in [-0.05, 0) is 45.4 Å². The molecule has 176 valence electrons. The molecule has 0 bridgehead atoms. The third kappa shape index (κ3) is 6.01. The fourth-order valence-corrected chi connectivity index (χ4v) is 4.02. The maximum atomic E-state index is 13.0. The van der Waals surface area contributed by atoms with Crippen LogP contribution in [0.15, 0.2) is 24.4 Å². The molecule has 2 aromatic rings. The fourth-order valence-electron chi connectivity index (χ4n) is 4.02. The first kappa shape index (κ1) is 24.1. The molecule has 1 amide bonds. The monoisotopic (exact) mass is 444 g/mol. The van der Waals surface area contributed by atoms with Gasteiger partial charge in [0.2, 0.25) is 5.91 Å². The number of carbonyl (C=O) groups is 1. The zero-order valence-corrected chi connectivity index (χ0v) is 20.1. The number of amides is 1. The molecular formula is C24H36N4O4. The Kier molecular flexibility index (Phi) is 8.15. The van der Waals surface area contributed by atoms with Gasteiger partial charge in [-0.2, -0.15) is 5.10 Å². The third-order valence-corrected chi connectivity index (χ3v) is 5.83. The Morgan fingerprint density at radius 2 is 1.81 bits per heavy atom. The van der Waals surface area contributed by atoms with Gasteiger partial charge < -0.3 is 19.1 Å². The summed E-state index contributed by atoms with van der Waals surface area (Å²) >= 11 is 0. The third-order valence-electron chi connectivity index (χ3n) is 5.83. The molecule has 1 unspecified atom stereocenters. The van der Waals surface area contributed by atoms with Gasteiger partial charge in [0.15, 0.2) is 0 Å². The number of aryl methyl sites for hydroxylation is 2. The summed E-state index contributed by atoms with van der Waals surface area (Å²) in [5.41, 5.74) is 3.12. The van der Waals surface area contributed by atoms with Crippen LogP contribution in [-0.4, -0.2) is 71.5 Å². The van der Waals surface area contributed by atoms with E-state index in [0.717, 1.165) is 34.9 Å². The number of hydrogen-bond acceptors (Lipinski definition) is 6. The normalized spacial score (nSPS) is 17.7. The Labute approximate surface area is 191 Å². The highest BCUT2D eigenvalue weighted by Gasteiger charge is 2.30. The first-order chi connectivity index (χ1) is 15.3. The highest BCUT2D eigenvalue weighted by atomic mass is 16.5. The quantitative estimate of drug-likeness (QED) is 0.592. The van der Waals surface area contributed by atoms with Crippen molar-refractivity contribution < 1.29 is 19.0 Å². The molecule has 2 heterocycles. The molecule has 1 saturated heterocycles. The summed E-state index contributed by atoms with van der Waals surface area (Å²) in [5, 5.41) is 4.55. The highest BCUT2D eigenvalue weighted by Crippen LogP contribution is 2.24. The molecule has 0 spiro atoms. The largest absolute Gasteiger partial charge is 0.497 e. The molecule has 8 heteroatoms. The van der Waals surface area contributed by atoms with E-state index >= 15 is 0 Å². The van der Waals surface area contributed by atoms with Crippen molar-refractivity contribution in [3.05, 3.63) is 41.2 Å². The number of methoxy groups -OCH3 is 2. The van der Waals surface area contributed by atoms with Crippen molar-refractivity contribution in [1.82, 2.24) is 19.6 Å². The van der Waals surface area contributed by atoms with E-state index in [-0.39, 0.29) is 18.1 Å². The van der Waals surface area contributed by atoms with Crippen molar-refractivity contribution >= 4 is 5.91 Å². The molecule has 1 fully saturated rings. The molecule has 1 aliphatic heterocycles. The molecule has 0 radical (unpaired) electrons. The summed E-state index contributed by atoms with van der Waals surface area (Å²) in [6, 6.07) is 5.86. The van der Waals surface area contributed by atoms with Crippen LogP contribution in [0.2, 0.25) is 0 Å². The van der Waals surface area contributed by atoms with E-state index in [0.29, 0.717) is 32.8 Å². The van der Waals surface area contributed by atoms with Crippen LogP contribution in [0.3, 0.4) is 0 Å². The van der Waals surface area contributed by atoms with Crippen molar-refractivity contribution in [2.45, 2.75) is 59.5 Å². The Morgan fingerprint density at radius 1 is 1.12 bits per heavy atom. The van der Waals surface area contributed by atoms with Crippen LogP contribution >= 0.6 is 0 Å². The van der Waals surface area contributed by atoms with E-state index in [1.165, 1.54) is 0 Å². The average molecular weight is 445 g/mol. The van der Waals surface area contributed by atoms with Crippen LogP contribution in [0.4, 0.5) is 0 Å². The molecule has 1 aromatic carbocycles. The molecule has 0 saturated carbocycles. The number of benzene rings is 1. The zero-order chi connectivity index (χ0) is 23.3. The van der Waals surface area contributed by atoms with E-state index in [1.807, 2.05) is 48.6 Å². The summed E-state index contributed by atoms with van der Waals surface area (Å²) in [4.78, 5) is 17.1. The second kappa shape index (κ2) is 10.8. The van der Waals surface area contributed by atoms with Crippen LogP contribution in [0.1, 0.15) is 37.6 Å². The van der Waals surface area contributed by atoms with Gasteiger partial charge in [0, 0.05) is 50.0 Å². The van der Waals surface area contributed by atoms with Gasteiger partial charge in [0.05, 0.1) is 39.2 Å². The minimum absolute atomic E-state index is 0.109. The van der Waals surface area contributed by atoms with E-state index in [1.54, 1.807) is 14.2 Å². The number of carbonyl (C=O) groups excluding carboxylic acids is 1. The van der Waals surface area contributed by atoms with E-state index in [4.69, 9.17) is 14.2 Å². The zero-order valence-electron chi connectivity index (χ0n) is 20.1. The van der Waals surface area contributed by atoms with Crippen molar-refractivity contribution in [2.75, 3.05) is 33.9 Å². The van der Waals surface area contributed by atoms with Gasteiger partial charge in [0.25, 0.3) is 0 Å². The molecule has 0 N–H and O–H groups in total. The van der Waals surface area contributed by atoms with Crippen LogP contribution in [0.25, 0.3) is 0 Å². The standard InChI is InChI=1S/C24H36N4O4/c1-7-27-12-20(18(4)25-27)11-26-13-23(14-28(17(2)3)24(29)15-26)32-16-19-8-21(30-5)10-22(9-19)31-6/h8-10,12,17,23H,7,11,13-16H2,1-6H3. The molecule has 1 aliphatic rings. The first-order valence-corrected chi connectivity index (χ1v) is 11.2. The summed E-state index contributed by atoms with van der Waals surface area (Å²) in [6.07, 6.45) is 1.96. The van der Waals surface area contributed by atoms with Crippen LogP contribution in [0, 0.1) is 6.92 Å². The minimum atomic E-state index is -0.109. The van der Waals surface area contributed by atoms with Gasteiger partial charge in [-0.25, -0.2) is 0 Å². The van der Waals surface area contributed by atoms with Gasteiger partial charge in [-0.15, -0.1) is 0 Å². The van der Waals surface area contributed by atoms with Gasteiger partial charge >= 0.3 is 0 Å². The molecule has 1 aromatic heterocycles. The maximum absolute atomic E-state index is 13.0. The lowest BCUT2D eigenvalue weighted by atomic mass is 10.2. The second-order valence-corrected chi connectivity index (χ2v) is 8.56. The predicted molar refractivity (Wildman–Crippen MR) is 123 cm³/mol. The number of ether oxygens (including phenoxy) is 3. The summed E-state index contributed by atoms with van der Waals surface area (Å²) in [5.74, 6) is 1.59. The number of rotatable bonds is 9. The molecule has 1 atom stereocenters. The summed E-state index contributed by atoms with van der Waals surface area (Å²) in [6.45, 7) is 11.7. The molecule has 8 nitrogen and oxygen atoms in total. The highest BCUT2D eigenvalue weighted by molar-refractivity contribution is 5.79. The van der Waals surface area contributed by atoms with Crippen LogP contribution in [-0.2, 0) is 29.2 Å². The van der Waals surface area contributed by atoms with E-state index in [9.17, 15) is 4.79 Å². The second-order valence-electron chi connectivity index (χ2n) is 8.56. The predicted octanol–water partition coefficient (Wildman–Crippen LogP) is 2.87. The molecule has 3 rings (SSSR count). The molecule has 0 aliphatic carbocycles. The number of hydrogen-bond donors (Lipinski definition) is 0. The van der Waals surface area contributed by atoms with Crippen molar-refractivity contribution in [3.63, 3.8) is 0 Å². The topological polar surface area (TPSA) is 69.1 Å².